The van der Waals surface area contributed by atoms with E-state index in [-0.39, 0.29) is 24.4 Å². The van der Waals surface area contributed by atoms with Gasteiger partial charge in [0.1, 0.15) is 5.60 Å². The SMILES string of the molecule is COC1CCOC2(C1)CN(C(=O)Cc1ccc3c(c1)OCO3)C2. The molecule has 1 atom stereocenters. The Morgan fingerprint density at radius 3 is 3.00 bits per heavy atom. The maximum Gasteiger partial charge on any atom is 0.231 e. The van der Waals surface area contributed by atoms with E-state index in [1.54, 1.807) is 7.11 Å². The largest absolute Gasteiger partial charge is 0.454 e. The first kappa shape index (κ1) is 14.8. The van der Waals surface area contributed by atoms with Gasteiger partial charge in [0.05, 0.1) is 25.6 Å². The third kappa shape index (κ3) is 2.77. The Balaban J connectivity index is 1.34. The maximum absolute atomic E-state index is 12.4. The first-order valence-electron chi connectivity index (χ1n) is 8.00. The van der Waals surface area contributed by atoms with E-state index >= 15 is 0 Å². The van der Waals surface area contributed by atoms with E-state index in [0.717, 1.165) is 24.2 Å². The second kappa shape index (κ2) is 5.69. The van der Waals surface area contributed by atoms with E-state index < -0.39 is 0 Å². The third-order valence-corrected chi connectivity index (χ3v) is 4.88. The number of hydrogen-bond donors (Lipinski definition) is 0. The number of likely N-dealkylation sites (tertiary alicyclic amines) is 1. The summed E-state index contributed by atoms with van der Waals surface area (Å²) in [6.07, 6.45) is 2.43. The molecule has 23 heavy (non-hydrogen) atoms. The maximum atomic E-state index is 12.4. The van der Waals surface area contributed by atoms with Crippen molar-refractivity contribution in [2.45, 2.75) is 31.0 Å². The second-order valence-corrected chi connectivity index (χ2v) is 6.50. The summed E-state index contributed by atoms with van der Waals surface area (Å²) in [5.74, 6) is 1.58. The summed E-state index contributed by atoms with van der Waals surface area (Å²) in [6.45, 7) is 2.29. The Hall–Kier alpha value is -1.79. The normalized spacial score (nSPS) is 24.6. The molecule has 0 aromatic heterocycles. The summed E-state index contributed by atoms with van der Waals surface area (Å²) < 4.78 is 22.0. The average molecular weight is 319 g/mol. The number of hydrogen-bond acceptors (Lipinski definition) is 5. The molecule has 0 aliphatic carbocycles. The molecule has 4 rings (SSSR count). The fourth-order valence-electron chi connectivity index (χ4n) is 3.57. The molecule has 0 radical (unpaired) electrons. The van der Waals surface area contributed by atoms with Crippen LogP contribution in [-0.2, 0) is 20.7 Å². The summed E-state index contributed by atoms with van der Waals surface area (Å²) in [6, 6.07) is 5.66. The Morgan fingerprint density at radius 1 is 1.35 bits per heavy atom. The molecule has 1 aromatic rings. The van der Waals surface area contributed by atoms with Crippen LogP contribution < -0.4 is 9.47 Å². The van der Waals surface area contributed by atoms with Crippen LogP contribution >= 0.6 is 0 Å². The molecular formula is C17H21NO5. The summed E-state index contributed by atoms with van der Waals surface area (Å²) in [7, 11) is 1.74. The zero-order chi connectivity index (χ0) is 15.9. The molecule has 124 valence electrons. The average Bonchev–Trinajstić information content (AvgIpc) is 3.00. The van der Waals surface area contributed by atoms with E-state index in [2.05, 4.69) is 0 Å². The fraction of sp³-hybridized carbons (Fsp3) is 0.588. The highest BCUT2D eigenvalue weighted by atomic mass is 16.7. The summed E-state index contributed by atoms with van der Waals surface area (Å²) in [5, 5.41) is 0. The Morgan fingerprint density at radius 2 is 2.17 bits per heavy atom. The molecular weight excluding hydrogens is 298 g/mol. The topological polar surface area (TPSA) is 57.2 Å². The Kier molecular flexibility index (Phi) is 3.66. The number of methoxy groups -OCH3 is 1. The summed E-state index contributed by atoms with van der Waals surface area (Å²) in [4.78, 5) is 14.3. The molecule has 1 spiro atoms. The standard InChI is InChI=1S/C17H21NO5/c1-20-13-4-5-23-17(8-13)9-18(10-17)16(19)7-12-2-3-14-15(6-12)22-11-21-14/h2-3,6,13H,4-5,7-11H2,1H3. The number of nitrogens with zero attached hydrogens (tertiary/aromatic N) is 1. The minimum atomic E-state index is -0.191. The van der Waals surface area contributed by atoms with Gasteiger partial charge >= 0.3 is 0 Å². The molecule has 0 saturated carbocycles. The zero-order valence-corrected chi connectivity index (χ0v) is 13.2. The van der Waals surface area contributed by atoms with Crippen molar-refractivity contribution in [1.29, 1.82) is 0 Å². The van der Waals surface area contributed by atoms with Crippen molar-refractivity contribution in [3.63, 3.8) is 0 Å². The Bertz CT molecular complexity index is 611. The van der Waals surface area contributed by atoms with Crippen molar-refractivity contribution in [2.24, 2.45) is 0 Å². The summed E-state index contributed by atoms with van der Waals surface area (Å²) in [5.41, 5.74) is 0.753. The van der Waals surface area contributed by atoms with Crippen LogP contribution in [-0.4, -0.2) is 56.1 Å². The van der Waals surface area contributed by atoms with Crippen molar-refractivity contribution in [3.05, 3.63) is 23.8 Å². The number of carbonyl (C=O) groups is 1. The molecule has 6 nitrogen and oxygen atoms in total. The van der Waals surface area contributed by atoms with Crippen LogP contribution in [0.25, 0.3) is 0 Å². The van der Waals surface area contributed by atoms with Gasteiger partial charge in [-0.1, -0.05) is 6.07 Å². The fourth-order valence-corrected chi connectivity index (χ4v) is 3.57. The van der Waals surface area contributed by atoms with Gasteiger partial charge in [0.25, 0.3) is 0 Å². The number of ether oxygens (including phenoxy) is 4. The van der Waals surface area contributed by atoms with Gasteiger partial charge in [0.15, 0.2) is 11.5 Å². The van der Waals surface area contributed by atoms with Crippen molar-refractivity contribution in [2.75, 3.05) is 33.6 Å². The van der Waals surface area contributed by atoms with Crippen molar-refractivity contribution < 1.29 is 23.7 Å². The molecule has 1 unspecified atom stereocenters. The summed E-state index contributed by atoms with van der Waals surface area (Å²) >= 11 is 0. The van der Waals surface area contributed by atoms with Gasteiger partial charge in [-0.2, -0.15) is 0 Å². The van der Waals surface area contributed by atoms with Gasteiger partial charge in [0.2, 0.25) is 12.7 Å². The van der Waals surface area contributed by atoms with Crippen LogP contribution in [0.15, 0.2) is 18.2 Å². The van der Waals surface area contributed by atoms with Gasteiger partial charge in [-0.3, -0.25) is 4.79 Å². The van der Waals surface area contributed by atoms with Crippen LogP contribution in [0.4, 0.5) is 0 Å². The van der Waals surface area contributed by atoms with E-state index in [9.17, 15) is 4.79 Å². The van der Waals surface area contributed by atoms with Crippen molar-refractivity contribution in [1.82, 2.24) is 4.90 Å². The van der Waals surface area contributed by atoms with Gasteiger partial charge in [0, 0.05) is 20.1 Å². The Labute approximate surface area is 135 Å². The molecule has 3 heterocycles. The second-order valence-electron chi connectivity index (χ2n) is 6.50. The number of fused-ring (bicyclic) bond motifs is 1. The minimum absolute atomic E-state index is 0.123. The lowest BCUT2D eigenvalue weighted by Gasteiger charge is -2.53. The number of carbonyl (C=O) groups excluding carboxylic acids is 1. The lowest BCUT2D eigenvalue weighted by Crippen LogP contribution is -2.67. The number of amides is 1. The van der Waals surface area contributed by atoms with Gasteiger partial charge in [-0.05, 0) is 24.1 Å². The minimum Gasteiger partial charge on any atom is -0.454 e. The highest BCUT2D eigenvalue weighted by molar-refractivity contribution is 5.80. The smallest absolute Gasteiger partial charge is 0.231 e. The van der Waals surface area contributed by atoms with Gasteiger partial charge < -0.3 is 23.8 Å². The first-order chi connectivity index (χ1) is 11.2. The van der Waals surface area contributed by atoms with Gasteiger partial charge in [-0.25, -0.2) is 0 Å². The molecule has 2 fully saturated rings. The number of rotatable bonds is 3. The molecule has 3 aliphatic heterocycles. The van der Waals surface area contributed by atoms with Crippen LogP contribution in [0.1, 0.15) is 18.4 Å². The van der Waals surface area contributed by atoms with Crippen LogP contribution in [0.5, 0.6) is 11.5 Å². The monoisotopic (exact) mass is 319 g/mol. The molecule has 2 saturated heterocycles. The quantitative estimate of drug-likeness (QED) is 0.842. The van der Waals surface area contributed by atoms with Gasteiger partial charge in [-0.15, -0.1) is 0 Å². The van der Waals surface area contributed by atoms with Crippen molar-refractivity contribution in [3.8, 4) is 11.5 Å². The van der Waals surface area contributed by atoms with Crippen LogP contribution in [0.2, 0.25) is 0 Å². The lowest BCUT2D eigenvalue weighted by molar-refractivity contribution is -0.198. The molecule has 1 amide bonds. The number of benzene rings is 1. The van der Waals surface area contributed by atoms with E-state index in [1.165, 1.54) is 0 Å². The third-order valence-electron chi connectivity index (χ3n) is 4.88. The predicted octanol–water partition coefficient (Wildman–Crippen LogP) is 1.36. The van der Waals surface area contributed by atoms with Crippen LogP contribution in [0, 0.1) is 0 Å². The molecule has 0 N–H and O–H groups in total. The van der Waals surface area contributed by atoms with E-state index in [1.807, 2.05) is 23.1 Å². The molecule has 0 bridgehead atoms. The van der Waals surface area contributed by atoms with Crippen LogP contribution in [0.3, 0.4) is 0 Å². The molecule has 1 aromatic carbocycles. The van der Waals surface area contributed by atoms with E-state index in [4.69, 9.17) is 18.9 Å². The first-order valence-corrected chi connectivity index (χ1v) is 8.00. The van der Waals surface area contributed by atoms with Crippen molar-refractivity contribution >= 4 is 5.91 Å². The molecule has 3 aliphatic rings. The zero-order valence-electron chi connectivity index (χ0n) is 13.2. The highest BCUT2D eigenvalue weighted by Crippen LogP contribution is 2.36. The highest BCUT2D eigenvalue weighted by Gasteiger charge is 2.49. The lowest BCUT2D eigenvalue weighted by atomic mass is 9.84. The van der Waals surface area contributed by atoms with E-state index in [0.29, 0.717) is 31.9 Å². The predicted molar refractivity (Wildman–Crippen MR) is 81.6 cm³/mol. The molecule has 6 heteroatoms.